The molecule has 3 heterocycles. The minimum absolute atomic E-state index is 0.0475. The van der Waals surface area contributed by atoms with Crippen LogP contribution in [0.3, 0.4) is 0 Å². The van der Waals surface area contributed by atoms with E-state index >= 15 is 0 Å². The second-order valence-corrected chi connectivity index (χ2v) is 9.48. The molecule has 1 saturated heterocycles. The van der Waals surface area contributed by atoms with Gasteiger partial charge in [-0.05, 0) is 74.6 Å². The van der Waals surface area contributed by atoms with E-state index in [0.717, 1.165) is 23.4 Å². The fourth-order valence-corrected chi connectivity index (χ4v) is 5.28. The third-order valence-electron chi connectivity index (χ3n) is 6.75. The summed E-state index contributed by atoms with van der Waals surface area (Å²) in [5.41, 5.74) is 3.33. The van der Waals surface area contributed by atoms with Gasteiger partial charge in [0.15, 0.2) is 11.5 Å². The molecule has 0 bridgehead atoms. The first-order valence-electron chi connectivity index (χ1n) is 11.4. The number of ether oxygens (including phenoxy) is 2. The number of carbonyl (C=O) groups excluding carboxylic acids is 3. The number of nitrogens with one attached hydrogen (secondary N) is 1. The van der Waals surface area contributed by atoms with E-state index in [1.807, 2.05) is 12.1 Å². The minimum Gasteiger partial charge on any atom is -0.454 e. The van der Waals surface area contributed by atoms with Crippen LogP contribution in [-0.4, -0.2) is 36.7 Å². The first kappa shape index (κ1) is 22.0. The van der Waals surface area contributed by atoms with Crippen LogP contribution >= 0.6 is 0 Å². The third-order valence-corrected chi connectivity index (χ3v) is 6.75. The van der Waals surface area contributed by atoms with Gasteiger partial charge in [0.2, 0.25) is 6.79 Å². The van der Waals surface area contributed by atoms with Crippen LogP contribution in [0.2, 0.25) is 0 Å². The van der Waals surface area contributed by atoms with Crippen LogP contribution in [0, 0.1) is 0 Å². The van der Waals surface area contributed by atoms with Gasteiger partial charge in [0.1, 0.15) is 5.57 Å². The summed E-state index contributed by atoms with van der Waals surface area (Å²) in [5.74, 6) is -0.0990. The molecule has 0 unspecified atom stereocenters. The molecule has 0 saturated carbocycles. The molecule has 0 radical (unpaired) electrons. The number of anilines is 2. The molecular formula is C26H27N3O5. The SMILES string of the molecule is CCN1c2ccc(/C=C3\C(=O)NC(=O)N(c4ccc5c(c4)OCO5)C3=O)cc2[C@H](C)CC1(C)C. The highest BCUT2D eigenvalue weighted by molar-refractivity contribution is 6.39. The van der Waals surface area contributed by atoms with Gasteiger partial charge in [0.25, 0.3) is 11.8 Å². The average Bonchev–Trinajstić information content (AvgIpc) is 3.24. The van der Waals surface area contributed by atoms with Gasteiger partial charge in [-0.1, -0.05) is 13.0 Å². The summed E-state index contributed by atoms with van der Waals surface area (Å²) in [7, 11) is 0. The van der Waals surface area contributed by atoms with Gasteiger partial charge < -0.3 is 14.4 Å². The lowest BCUT2D eigenvalue weighted by Crippen LogP contribution is -2.54. The van der Waals surface area contributed by atoms with Crippen LogP contribution in [-0.2, 0) is 9.59 Å². The largest absolute Gasteiger partial charge is 0.454 e. The van der Waals surface area contributed by atoms with Gasteiger partial charge in [-0.15, -0.1) is 0 Å². The number of nitrogens with zero attached hydrogens (tertiary/aromatic N) is 2. The van der Waals surface area contributed by atoms with E-state index in [2.05, 4.69) is 44.0 Å². The van der Waals surface area contributed by atoms with Crippen molar-refractivity contribution in [1.29, 1.82) is 0 Å². The number of rotatable bonds is 3. The Balaban J connectivity index is 1.51. The van der Waals surface area contributed by atoms with Gasteiger partial charge >= 0.3 is 6.03 Å². The molecule has 3 aliphatic heterocycles. The Labute approximate surface area is 198 Å². The van der Waals surface area contributed by atoms with E-state index in [9.17, 15) is 14.4 Å². The summed E-state index contributed by atoms with van der Waals surface area (Å²) in [6, 6.07) is 9.95. The molecule has 0 aliphatic carbocycles. The van der Waals surface area contributed by atoms with Gasteiger partial charge in [0.05, 0.1) is 5.69 Å². The second kappa shape index (κ2) is 7.90. The predicted molar refractivity (Wildman–Crippen MR) is 128 cm³/mol. The molecule has 1 atom stereocenters. The van der Waals surface area contributed by atoms with E-state index < -0.39 is 17.8 Å². The average molecular weight is 462 g/mol. The highest BCUT2D eigenvalue weighted by atomic mass is 16.7. The Morgan fingerprint density at radius 2 is 1.85 bits per heavy atom. The zero-order chi connectivity index (χ0) is 24.2. The van der Waals surface area contributed by atoms with Gasteiger partial charge in [-0.2, -0.15) is 0 Å². The van der Waals surface area contributed by atoms with Crippen molar-refractivity contribution in [1.82, 2.24) is 5.32 Å². The van der Waals surface area contributed by atoms with Crippen molar-refractivity contribution in [2.24, 2.45) is 0 Å². The van der Waals surface area contributed by atoms with Crippen LogP contribution in [0.15, 0.2) is 42.0 Å². The molecular weight excluding hydrogens is 434 g/mol. The summed E-state index contributed by atoms with van der Waals surface area (Å²) in [6.07, 6.45) is 2.55. The maximum absolute atomic E-state index is 13.3. The molecule has 4 amide bonds. The molecule has 5 rings (SSSR count). The van der Waals surface area contributed by atoms with Crippen molar-refractivity contribution in [3.8, 4) is 11.5 Å². The first-order valence-corrected chi connectivity index (χ1v) is 11.4. The number of barbiturate groups is 1. The van der Waals surface area contributed by atoms with E-state index in [1.54, 1.807) is 24.3 Å². The van der Waals surface area contributed by atoms with Gasteiger partial charge in [0, 0.05) is 23.8 Å². The topological polar surface area (TPSA) is 88.2 Å². The van der Waals surface area contributed by atoms with Crippen molar-refractivity contribution in [2.75, 3.05) is 23.1 Å². The van der Waals surface area contributed by atoms with E-state index in [0.29, 0.717) is 23.1 Å². The molecule has 0 spiro atoms. The molecule has 0 aromatic heterocycles. The Bertz CT molecular complexity index is 1250. The maximum atomic E-state index is 13.3. The lowest BCUT2D eigenvalue weighted by Gasteiger charge is -2.47. The molecule has 3 aliphatic rings. The van der Waals surface area contributed by atoms with Crippen molar-refractivity contribution < 1.29 is 23.9 Å². The number of amides is 4. The Morgan fingerprint density at radius 1 is 1.09 bits per heavy atom. The standard InChI is InChI=1S/C26H27N3O5/c1-5-28-20-8-6-16(10-18(20)15(2)13-26(28,3)4)11-19-23(30)27-25(32)29(24(19)31)17-7-9-21-22(12-17)34-14-33-21/h6-12,15H,5,13-14H2,1-4H3,(H,27,30,32)/b19-11+/t15-/m1/s1. The van der Waals surface area contributed by atoms with Crippen LogP contribution < -0.4 is 24.6 Å². The molecule has 8 heteroatoms. The zero-order valence-corrected chi connectivity index (χ0v) is 19.7. The summed E-state index contributed by atoms with van der Waals surface area (Å²) in [4.78, 5) is 41.8. The van der Waals surface area contributed by atoms with Crippen molar-refractivity contribution in [3.05, 3.63) is 53.1 Å². The van der Waals surface area contributed by atoms with Crippen molar-refractivity contribution in [2.45, 2.75) is 45.6 Å². The third kappa shape index (κ3) is 3.50. The lowest BCUT2D eigenvalue weighted by molar-refractivity contribution is -0.122. The second-order valence-electron chi connectivity index (χ2n) is 9.48. The van der Waals surface area contributed by atoms with Gasteiger partial charge in [-0.3, -0.25) is 14.9 Å². The maximum Gasteiger partial charge on any atom is 0.335 e. The number of benzene rings is 2. The summed E-state index contributed by atoms with van der Waals surface area (Å²) < 4.78 is 10.7. The Kier molecular flexibility index (Phi) is 5.11. The fourth-order valence-electron chi connectivity index (χ4n) is 5.28. The Morgan fingerprint density at radius 3 is 2.62 bits per heavy atom. The normalized spacial score (nSPS) is 22.2. The predicted octanol–water partition coefficient (Wildman–Crippen LogP) is 4.19. The minimum atomic E-state index is -0.800. The lowest BCUT2D eigenvalue weighted by atomic mass is 9.79. The number of urea groups is 1. The number of imide groups is 2. The molecule has 176 valence electrons. The van der Waals surface area contributed by atoms with E-state index in [-0.39, 0.29) is 17.9 Å². The Hall–Kier alpha value is -3.81. The van der Waals surface area contributed by atoms with Crippen molar-refractivity contribution >= 4 is 35.3 Å². The number of hydrogen-bond acceptors (Lipinski definition) is 6. The van der Waals surface area contributed by atoms with Crippen LogP contribution in [0.5, 0.6) is 11.5 Å². The van der Waals surface area contributed by atoms with E-state index in [4.69, 9.17) is 9.47 Å². The molecule has 8 nitrogen and oxygen atoms in total. The fraction of sp³-hybridized carbons (Fsp3) is 0.346. The highest BCUT2D eigenvalue weighted by Crippen LogP contribution is 2.43. The highest BCUT2D eigenvalue weighted by Gasteiger charge is 2.38. The summed E-state index contributed by atoms with van der Waals surface area (Å²) in [5, 5.41) is 2.27. The molecule has 1 N–H and O–H groups in total. The number of hydrogen-bond donors (Lipinski definition) is 1. The molecule has 2 aromatic rings. The molecule has 2 aromatic carbocycles. The van der Waals surface area contributed by atoms with Crippen LogP contribution in [0.4, 0.5) is 16.2 Å². The summed E-state index contributed by atoms with van der Waals surface area (Å²) in [6.45, 7) is 9.80. The quantitative estimate of drug-likeness (QED) is 0.545. The van der Waals surface area contributed by atoms with Gasteiger partial charge in [-0.25, -0.2) is 9.69 Å². The van der Waals surface area contributed by atoms with Crippen molar-refractivity contribution in [3.63, 3.8) is 0 Å². The molecule has 34 heavy (non-hydrogen) atoms. The van der Waals surface area contributed by atoms with E-state index in [1.165, 1.54) is 11.3 Å². The summed E-state index contributed by atoms with van der Waals surface area (Å²) >= 11 is 0. The number of carbonyl (C=O) groups is 3. The van der Waals surface area contributed by atoms with Crippen LogP contribution in [0.25, 0.3) is 6.08 Å². The smallest absolute Gasteiger partial charge is 0.335 e. The first-order chi connectivity index (χ1) is 16.2. The monoisotopic (exact) mass is 461 g/mol. The number of fused-ring (bicyclic) bond motifs is 2. The van der Waals surface area contributed by atoms with Crippen LogP contribution in [0.1, 0.15) is 51.2 Å². The zero-order valence-electron chi connectivity index (χ0n) is 19.7. The molecule has 1 fully saturated rings.